The fourth-order valence-corrected chi connectivity index (χ4v) is 1.85. The van der Waals surface area contributed by atoms with E-state index < -0.39 is 0 Å². The van der Waals surface area contributed by atoms with Gasteiger partial charge in [0.15, 0.2) is 0 Å². The molecular formula is C12H7BrN2. The second-order valence-electron chi connectivity index (χ2n) is 3.08. The van der Waals surface area contributed by atoms with Crippen LogP contribution in [0.15, 0.2) is 47.2 Å². The standard InChI is InChI=1S/C12H7BrN2/c13-12-5-9(7-14)4-11(6-12)10-2-1-3-15-8-10/h1-6,8H. The van der Waals surface area contributed by atoms with Crippen LogP contribution in [0.25, 0.3) is 11.1 Å². The molecule has 72 valence electrons. The van der Waals surface area contributed by atoms with Crippen molar-refractivity contribution in [2.24, 2.45) is 0 Å². The van der Waals surface area contributed by atoms with Gasteiger partial charge in [0, 0.05) is 22.4 Å². The summed E-state index contributed by atoms with van der Waals surface area (Å²) in [6.07, 6.45) is 3.51. The quantitative estimate of drug-likeness (QED) is 0.787. The Morgan fingerprint density at radius 3 is 2.73 bits per heavy atom. The summed E-state index contributed by atoms with van der Waals surface area (Å²) < 4.78 is 0.903. The molecule has 2 rings (SSSR count). The Morgan fingerprint density at radius 2 is 2.07 bits per heavy atom. The van der Waals surface area contributed by atoms with E-state index >= 15 is 0 Å². The van der Waals surface area contributed by atoms with E-state index in [0.29, 0.717) is 5.56 Å². The van der Waals surface area contributed by atoms with E-state index in [-0.39, 0.29) is 0 Å². The van der Waals surface area contributed by atoms with Gasteiger partial charge in [-0.1, -0.05) is 22.0 Å². The van der Waals surface area contributed by atoms with Gasteiger partial charge in [0.25, 0.3) is 0 Å². The van der Waals surface area contributed by atoms with Crippen molar-refractivity contribution >= 4 is 15.9 Å². The largest absolute Gasteiger partial charge is 0.264 e. The van der Waals surface area contributed by atoms with E-state index in [1.807, 2.05) is 24.3 Å². The number of halogens is 1. The molecule has 0 N–H and O–H groups in total. The van der Waals surface area contributed by atoms with Gasteiger partial charge in [-0.15, -0.1) is 0 Å². The first kappa shape index (κ1) is 9.88. The smallest absolute Gasteiger partial charge is 0.0992 e. The summed E-state index contributed by atoms with van der Waals surface area (Å²) in [5.74, 6) is 0. The van der Waals surface area contributed by atoms with Gasteiger partial charge in [-0.2, -0.15) is 5.26 Å². The number of hydrogen-bond acceptors (Lipinski definition) is 2. The second-order valence-corrected chi connectivity index (χ2v) is 4.00. The number of aromatic nitrogens is 1. The van der Waals surface area contributed by atoms with Crippen LogP contribution in [0, 0.1) is 11.3 Å². The first-order chi connectivity index (χ1) is 7.29. The molecule has 1 heterocycles. The van der Waals surface area contributed by atoms with Crippen molar-refractivity contribution in [2.45, 2.75) is 0 Å². The zero-order valence-electron chi connectivity index (χ0n) is 7.81. The zero-order chi connectivity index (χ0) is 10.7. The van der Waals surface area contributed by atoms with Crippen LogP contribution in [0.2, 0.25) is 0 Å². The summed E-state index contributed by atoms with van der Waals surface area (Å²) in [7, 11) is 0. The minimum atomic E-state index is 0.642. The van der Waals surface area contributed by atoms with Gasteiger partial charge < -0.3 is 0 Å². The van der Waals surface area contributed by atoms with Crippen LogP contribution in [0.5, 0.6) is 0 Å². The lowest BCUT2D eigenvalue weighted by Crippen LogP contribution is -1.82. The number of pyridine rings is 1. The third-order valence-electron chi connectivity index (χ3n) is 2.02. The number of rotatable bonds is 1. The molecule has 2 nitrogen and oxygen atoms in total. The highest BCUT2D eigenvalue weighted by atomic mass is 79.9. The van der Waals surface area contributed by atoms with Gasteiger partial charge in [-0.25, -0.2) is 0 Å². The highest BCUT2D eigenvalue weighted by molar-refractivity contribution is 9.10. The molecule has 0 aliphatic rings. The monoisotopic (exact) mass is 258 g/mol. The molecule has 3 heteroatoms. The molecule has 0 aliphatic heterocycles. The van der Waals surface area contributed by atoms with Crippen molar-refractivity contribution in [1.82, 2.24) is 4.98 Å². The maximum absolute atomic E-state index is 8.85. The van der Waals surface area contributed by atoms with Gasteiger partial charge in [0.1, 0.15) is 0 Å². The van der Waals surface area contributed by atoms with Crippen LogP contribution < -0.4 is 0 Å². The van der Waals surface area contributed by atoms with Gasteiger partial charge >= 0.3 is 0 Å². The highest BCUT2D eigenvalue weighted by Gasteiger charge is 2.01. The van der Waals surface area contributed by atoms with E-state index in [2.05, 4.69) is 27.0 Å². The fourth-order valence-electron chi connectivity index (χ4n) is 1.35. The SMILES string of the molecule is N#Cc1cc(Br)cc(-c2cccnc2)c1. The topological polar surface area (TPSA) is 36.7 Å². The third kappa shape index (κ3) is 2.23. The van der Waals surface area contributed by atoms with Crippen LogP contribution >= 0.6 is 15.9 Å². The molecule has 0 saturated carbocycles. The molecule has 2 aromatic rings. The average molecular weight is 259 g/mol. The van der Waals surface area contributed by atoms with E-state index in [9.17, 15) is 0 Å². The number of benzene rings is 1. The van der Waals surface area contributed by atoms with Crippen LogP contribution in [-0.2, 0) is 0 Å². The highest BCUT2D eigenvalue weighted by Crippen LogP contribution is 2.23. The van der Waals surface area contributed by atoms with Crippen molar-refractivity contribution in [3.8, 4) is 17.2 Å². The molecular weight excluding hydrogens is 252 g/mol. The predicted octanol–water partition coefficient (Wildman–Crippen LogP) is 3.38. The molecule has 0 bridgehead atoms. The Bertz CT molecular complexity index is 515. The summed E-state index contributed by atoms with van der Waals surface area (Å²) in [6, 6.07) is 11.6. The Hall–Kier alpha value is -1.66. The van der Waals surface area contributed by atoms with Crippen molar-refractivity contribution in [1.29, 1.82) is 5.26 Å². The maximum Gasteiger partial charge on any atom is 0.0992 e. The van der Waals surface area contributed by atoms with Crippen molar-refractivity contribution in [2.75, 3.05) is 0 Å². The molecule has 1 aromatic heterocycles. The summed E-state index contributed by atoms with van der Waals surface area (Å²) in [4.78, 5) is 4.05. The van der Waals surface area contributed by atoms with Gasteiger partial charge in [-0.05, 0) is 29.8 Å². The van der Waals surface area contributed by atoms with Gasteiger partial charge in [-0.3, -0.25) is 4.98 Å². The lowest BCUT2D eigenvalue weighted by molar-refractivity contribution is 1.33. The summed E-state index contributed by atoms with van der Waals surface area (Å²) in [5.41, 5.74) is 2.65. The maximum atomic E-state index is 8.85. The molecule has 15 heavy (non-hydrogen) atoms. The zero-order valence-corrected chi connectivity index (χ0v) is 9.40. The van der Waals surface area contributed by atoms with Crippen molar-refractivity contribution in [3.05, 3.63) is 52.8 Å². The number of nitriles is 1. The fraction of sp³-hybridized carbons (Fsp3) is 0. The molecule has 0 spiro atoms. The molecule has 0 unspecified atom stereocenters. The Labute approximate surface area is 96.3 Å². The second kappa shape index (κ2) is 4.24. The third-order valence-corrected chi connectivity index (χ3v) is 2.48. The predicted molar refractivity (Wildman–Crippen MR) is 62.1 cm³/mol. The van der Waals surface area contributed by atoms with Crippen molar-refractivity contribution in [3.63, 3.8) is 0 Å². The molecule has 0 amide bonds. The van der Waals surface area contributed by atoms with E-state index in [1.165, 1.54) is 0 Å². The Kier molecular flexibility index (Phi) is 2.79. The Morgan fingerprint density at radius 1 is 1.20 bits per heavy atom. The van der Waals surface area contributed by atoms with E-state index in [1.54, 1.807) is 18.5 Å². The Balaban J connectivity index is 2.55. The summed E-state index contributed by atoms with van der Waals surface area (Å²) in [5, 5.41) is 8.85. The minimum Gasteiger partial charge on any atom is -0.264 e. The first-order valence-electron chi connectivity index (χ1n) is 4.41. The van der Waals surface area contributed by atoms with Crippen LogP contribution in [0.4, 0.5) is 0 Å². The molecule has 0 aliphatic carbocycles. The van der Waals surface area contributed by atoms with Crippen LogP contribution in [0.1, 0.15) is 5.56 Å². The lowest BCUT2D eigenvalue weighted by Gasteiger charge is -2.02. The number of nitrogens with zero attached hydrogens (tertiary/aromatic N) is 2. The van der Waals surface area contributed by atoms with E-state index in [0.717, 1.165) is 15.6 Å². The molecule has 0 saturated heterocycles. The van der Waals surface area contributed by atoms with Crippen molar-refractivity contribution < 1.29 is 0 Å². The van der Waals surface area contributed by atoms with Gasteiger partial charge in [0.2, 0.25) is 0 Å². The van der Waals surface area contributed by atoms with Crippen LogP contribution in [-0.4, -0.2) is 4.98 Å². The lowest BCUT2D eigenvalue weighted by atomic mass is 10.1. The molecule has 0 radical (unpaired) electrons. The summed E-state index contributed by atoms with van der Waals surface area (Å²) in [6.45, 7) is 0. The van der Waals surface area contributed by atoms with E-state index in [4.69, 9.17) is 5.26 Å². The first-order valence-corrected chi connectivity index (χ1v) is 5.20. The number of hydrogen-bond donors (Lipinski definition) is 0. The average Bonchev–Trinajstić information content (AvgIpc) is 2.29. The molecule has 0 atom stereocenters. The minimum absolute atomic E-state index is 0.642. The van der Waals surface area contributed by atoms with Crippen LogP contribution in [0.3, 0.4) is 0 Å². The molecule has 1 aromatic carbocycles. The van der Waals surface area contributed by atoms with Gasteiger partial charge in [0.05, 0.1) is 11.6 Å². The summed E-state index contributed by atoms with van der Waals surface area (Å²) >= 11 is 3.38. The normalized spacial score (nSPS) is 9.60. The molecule has 0 fully saturated rings.